The molecule has 105 heavy (non-hydrogen) atoms. The Kier molecular flexibility index (Phi) is 776. The molecule has 30 nitrogen and oxygen atoms in total. The summed E-state index contributed by atoms with van der Waals surface area (Å²) < 4.78 is 0. The molecule has 12 unspecified atom stereocenters. The maximum atomic E-state index is 6.25. The van der Waals surface area contributed by atoms with Crippen molar-refractivity contribution < 1.29 is 222 Å². The predicted molar refractivity (Wildman–Crippen MR) is 347 cm³/mol. The monoisotopic (exact) mass is 2040 g/mol. The average Bonchev–Trinajstić information content (AvgIpc) is 3.60. The van der Waals surface area contributed by atoms with Crippen LogP contribution in [-0.4, -0.2) is 72.5 Å². The fraction of sp³-hybridized carbons (Fsp3) is 0.581. The summed E-state index contributed by atoms with van der Waals surface area (Å²) in [6, 6.07) is 3.37. The molecular formula is C62H108Cu6Fe7N30+6. The fourth-order valence-electron chi connectivity index (χ4n) is 7.13. The molecule has 6 fully saturated rings. The van der Waals surface area contributed by atoms with Crippen molar-refractivity contribution >= 4 is 0 Å². The van der Waals surface area contributed by atoms with Crippen molar-refractivity contribution in [3.05, 3.63) is 178 Å². The van der Waals surface area contributed by atoms with E-state index in [0.29, 0.717) is 0 Å². The maximum Gasteiger partial charge on any atom is 6.00 e. The Balaban J connectivity index is -0.0000000119. The Morgan fingerprint density at radius 3 is 0.181 bits per heavy atom. The molecule has 0 radical (unpaired) electrons. The Labute approximate surface area is 781 Å². The van der Waals surface area contributed by atoms with Crippen LogP contribution in [0.15, 0.2) is 0 Å². The van der Waals surface area contributed by atoms with Gasteiger partial charge in [0.1, 0.15) is 0 Å². The van der Waals surface area contributed by atoms with E-state index in [1.807, 2.05) is 0 Å². The van der Waals surface area contributed by atoms with Crippen molar-refractivity contribution in [2.75, 3.05) is 0 Å². The molecule has 0 aromatic heterocycles. The van der Waals surface area contributed by atoms with Crippen LogP contribution in [0.4, 0.5) is 0 Å². The quantitative estimate of drug-likeness (QED) is 0.0898. The first-order chi connectivity index (χ1) is 40.8. The van der Waals surface area contributed by atoms with Crippen LogP contribution in [0.5, 0.6) is 0 Å². The molecule has 0 aliphatic heterocycles. The molecular weight excluding hydrogens is 1940 g/mol. The number of nitrogens with zero attached hydrogens (tertiary/aromatic N) is 18. The smallest absolute Gasteiger partial charge is 0.512 e. The molecule has 0 amide bonds. The maximum absolute atomic E-state index is 6.25. The van der Waals surface area contributed by atoms with Crippen molar-refractivity contribution in [3.63, 3.8) is 0 Å². The van der Waals surface area contributed by atoms with Gasteiger partial charge in [0.2, 0.25) is 0 Å². The fourth-order valence-corrected chi connectivity index (χ4v) is 7.13. The van der Waals surface area contributed by atoms with Crippen LogP contribution in [0, 0.1) is 272 Å². The minimum Gasteiger partial charge on any atom is -0.512 e. The normalized spacial score (nSPS) is 18.5. The summed E-state index contributed by atoms with van der Waals surface area (Å²) in [6.07, 6.45) is 28.8. The van der Waals surface area contributed by atoms with E-state index in [1.165, 1.54) is 77.0 Å². The van der Waals surface area contributed by atoms with Gasteiger partial charge in [-0.1, -0.05) is 77.0 Å². The van der Waals surface area contributed by atoms with E-state index in [2.05, 4.69) is 0 Å². The first-order valence-corrected chi connectivity index (χ1v) is 23.9. The van der Waals surface area contributed by atoms with Crippen LogP contribution in [0.1, 0.15) is 154 Å². The molecule has 622 valence electrons. The molecule has 0 bridgehead atoms. The predicted octanol–water partition coefficient (Wildman–Crippen LogP) is 6.59. The molecule has 0 heterocycles. The van der Waals surface area contributed by atoms with Gasteiger partial charge < -0.3 is 341 Å². The standard InChI is InChI=1S/6C6H14N2.18CN.8CH3.6Cu.7Fe/c6*7-5-3-1-2-4-6(5)8;18*1-2;;;;;;;;;;;;;;;;;;;;;/h6*5-6H,1-4,7-8H2;;;;;;;;;;;;;;;;;;;8*1H3;;;;;;;;;;;;;/q;;;;;;26*-1;6*+1;4*+2;3*+6. The third-order valence-corrected chi connectivity index (χ3v) is 11.2. The second-order valence-electron chi connectivity index (χ2n) is 15.7. The Hall–Kier alpha value is -2.91. The zero-order valence-electron chi connectivity index (χ0n) is 60.2. The first kappa shape index (κ1) is 262. The largest absolute Gasteiger partial charge is 6.00 e. The van der Waals surface area contributed by atoms with E-state index in [4.69, 9.17) is 282 Å². The molecule has 6 aliphatic rings. The van der Waals surface area contributed by atoms with Gasteiger partial charge in [0.05, 0.1) is 0 Å². The second-order valence-corrected chi connectivity index (χ2v) is 15.7. The molecule has 12 atom stereocenters. The van der Waals surface area contributed by atoms with Crippen LogP contribution < -0.4 is 68.8 Å². The van der Waals surface area contributed by atoms with Crippen LogP contribution >= 0.6 is 0 Å². The van der Waals surface area contributed by atoms with E-state index in [-0.39, 0.29) is 354 Å². The van der Waals surface area contributed by atoms with Crippen LogP contribution in [-0.2, 0) is 222 Å². The van der Waals surface area contributed by atoms with E-state index < -0.39 is 0 Å². The summed E-state index contributed by atoms with van der Waals surface area (Å²) in [5.74, 6) is 0. The van der Waals surface area contributed by atoms with Gasteiger partial charge in [0.25, 0.3) is 0 Å². The molecule has 0 saturated heterocycles. The van der Waals surface area contributed by atoms with Crippen molar-refractivity contribution in [3.8, 4) is 0 Å². The van der Waals surface area contributed by atoms with Gasteiger partial charge in [0, 0.05) is 72.5 Å². The van der Waals surface area contributed by atoms with Crippen molar-refractivity contribution in [1.29, 1.82) is 94.7 Å². The molecule has 0 aromatic rings. The minimum absolute atomic E-state index is 0. The zero-order valence-corrected chi connectivity index (χ0v) is 73.5. The van der Waals surface area contributed by atoms with Gasteiger partial charge in [0.15, 0.2) is 0 Å². The number of nitrogens with two attached hydrogens (primary N) is 12. The van der Waals surface area contributed by atoms with Crippen LogP contribution in [0.25, 0.3) is 0 Å². The van der Waals surface area contributed by atoms with Crippen molar-refractivity contribution in [2.24, 2.45) is 68.8 Å². The number of rotatable bonds is 0. The van der Waals surface area contributed by atoms with E-state index in [9.17, 15) is 0 Å². The molecule has 24 N–H and O–H groups in total. The van der Waals surface area contributed by atoms with Crippen LogP contribution in [0.3, 0.4) is 0 Å². The molecule has 6 aliphatic carbocycles. The van der Waals surface area contributed by atoms with Gasteiger partial charge in [-0.2, -0.15) is 0 Å². The number of hydrogen-bond acceptors (Lipinski definition) is 30. The number of hydrogen-bond donors (Lipinski definition) is 12. The third kappa shape index (κ3) is 249. The first-order valence-electron chi connectivity index (χ1n) is 23.9. The van der Waals surface area contributed by atoms with Crippen molar-refractivity contribution in [2.45, 2.75) is 227 Å². The molecule has 0 aromatic carbocycles. The Bertz CT molecular complexity index is 1190. The topological polar surface area (TPSA) is 740 Å². The minimum atomic E-state index is 0. The van der Waals surface area contributed by atoms with E-state index >= 15 is 0 Å². The van der Waals surface area contributed by atoms with E-state index in [1.54, 1.807) is 0 Å². The summed E-state index contributed by atoms with van der Waals surface area (Å²) in [7, 11) is 0. The summed E-state index contributed by atoms with van der Waals surface area (Å²) in [4.78, 5) is 0. The summed E-state index contributed by atoms with van der Waals surface area (Å²) >= 11 is 0. The Morgan fingerprint density at radius 2 is 0.162 bits per heavy atom. The van der Waals surface area contributed by atoms with Crippen LogP contribution in [0.2, 0.25) is 0 Å². The van der Waals surface area contributed by atoms with Gasteiger partial charge in [-0.05, 0) is 77.0 Å². The molecule has 43 heteroatoms. The summed E-state index contributed by atoms with van der Waals surface area (Å²) in [5, 5.41) is 112. The summed E-state index contributed by atoms with van der Waals surface area (Å²) in [6.45, 7) is 85.5. The van der Waals surface area contributed by atoms with Gasteiger partial charge in [-0.25, -0.2) is 0 Å². The molecule has 0 spiro atoms. The van der Waals surface area contributed by atoms with Crippen molar-refractivity contribution in [1.82, 2.24) is 0 Å². The van der Waals surface area contributed by atoms with Gasteiger partial charge in [-0.3, -0.25) is 0 Å². The summed E-state index contributed by atoms with van der Waals surface area (Å²) in [5.41, 5.74) is 67.8. The second kappa shape index (κ2) is 311. The zero-order chi connectivity index (χ0) is 71.9. The van der Waals surface area contributed by atoms with Gasteiger partial charge in [-0.15, -0.1) is 0 Å². The Morgan fingerprint density at radius 1 is 0.133 bits per heavy atom. The molecule has 6 rings (SSSR count). The van der Waals surface area contributed by atoms with E-state index in [0.717, 1.165) is 77.0 Å². The van der Waals surface area contributed by atoms with Gasteiger partial charge >= 0.3 is 222 Å². The SMILES string of the molecule is NC1CCCCC1N.NC1CCCCC1N.NC1CCCCC1N.NC1CCCCC1N.NC1CCCCC1N.NC1CCCCC1N.[C-]#N.[C-]#N.[C-]#N.[C-]#N.[C-]#N.[C-]#N.[C-]#N.[C-]#N.[C-]#N.[C-]#N.[C-]#N.[C-]#N.[C-]#N.[C-]#N.[C-]#N.[C-]#N.[C-]#N.[C-]#N.[CH3-].[CH3-].[CH3-].[CH3-].[CH3-].[CH3-].[CH3-].[CH3-].[Cu+].[Cu+].[Cu+].[Cu+].[Cu+].[Cu+].[Fe+2].[Fe+2].[Fe+2].[Fe+2].[Fe+6].[Fe+6].[Fe+6]. The average molecular weight is 2050 g/mol. The third-order valence-electron chi connectivity index (χ3n) is 11.2. The molecule has 6 saturated carbocycles.